The SMILES string of the molecule is Cc1nc2c(F)c(F)c(CO)c(F)c2[nH]c1=O. The zero-order valence-corrected chi connectivity index (χ0v) is 8.64. The molecule has 90 valence electrons. The summed E-state index contributed by atoms with van der Waals surface area (Å²) in [5.41, 5.74) is -2.80. The average Bonchev–Trinajstić information content (AvgIpc) is 2.30. The van der Waals surface area contributed by atoms with Gasteiger partial charge in [-0.3, -0.25) is 4.79 Å². The summed E-state index contributed by atoms with van der Waals surface area (Å²) in [5.74, 6) is -4.12. The molecule has 0 aliphatic carbocycles. The first-order valence-electron chi connectivity index (χ1n) is 4.64. The van der Waals surface area contributed by atoms with Gasteiger partial charge in [0.25, 0.3) is 5.56 Å². The number of hydrogen-bond acceptors (Lipinski definition) is 3. The van der Waals surface area contributed by atoms with Crippen LogP contribution in [0.15, 0.2) is 4.79 Å². The maximum absolute atomic E-state index is 13.6. The van der Waals surface area contributed by atoms with E-state index in [4.69, 9.17) is 5.11 Å². The number of H-pyrrole nitrogens is 1. The molecule has 2 aromatic rings. The highest BCUT2D eigenvalue weighted by Gasteiger charge is 2.21. The lowest BCUT2D eigenvalue weighted by molar-refractivity contribution is 0.267. The van der Waals surface area contributed by atoms with Crippen LogP contribution in [0.25, 0.3) is 11.0 Å². The third-order valence-electron chi connectivity index (χ3n) is 2.39. The second kappa shape index (κ2) is 3.85. The summed E-state index contributed by atoms with van der Waals surface area (Å²) < 4.78 is 40.5. The highest BCUT2D eigenvalue weighted by atomic mass is 19.2. The van der Waals surface area contributed by atoms with Gasteiger partial charge in [0.2, 0.25) is 0 Å². The second-order valence-corrected chi connectivity index (χ2v) is 3.45. The van der Waals surface area contributed by atoms with Crippen molar-refractivity contribution in [2.75, 3.05) is 0 Å². The lowest BCUT2D eigenvalue weighted by Crippen LogP contribution is -2.15. The molecule has 0 atom stereocenters. The van der Waals surface area contributed by atoms with Crippen molar-refractivity contribution in [3.8, 4) is 0 Å². The minimum atomic E-state index is -1.50. The van der Waals surface area contributed by atoms with Crippen molar-refractivity contribution in [2.24, 2.45) is 0 Å². The quantitative estimate of drug-likeness (QED) is 0.739. The van der Waals surface area contributed by atoms with E-state index in [0.717, 1.165) is 0 Å². The summed E-state index contributed by atoms with van der Waals surface area (Å²) in [4.78, 5) is 16.8. The van der Waals surface area contributed by atoms with Crippen molar-refractivity contribution in [1.29, 1.82) is 0 Å². The number of aliphatic hydroxyl groups excluding tert-OH is 1. The van der Waals surface area contributed by atoms with E-state index >= 15 is 0 Å². The van der Waals surface area contributed by atoms with Gasteiger partial charge in [0.1, 0.15) is 16.7 Å². The van der Waals surface area contributed by atoms with E-state index < -0.39 is 46.2 Å². The van der Waals surface area contributed by atoms with Crippen molar-refractivity contribution < 1.29 is 18.3 Å². The minimum absolute atomic E-state index is 0.105. The summed E-state index contributed by atoms with van der Waals surface area (Å²) in [5, 5.41) is 8.75. The molecule has 0 fully saturated rings. The first-order valence-corrected chi connectivity index (χ1v) is 4.64. The number of aromatic nitrogens is 2. The Morgan fingerprint density at radius 2 is 1.88 bits per heavy atom. The van der Waals surface area contributed by atoms with Crippen LogP contribution in [-0.4, -0.2) is 15.1 Å². The molecule has 1 heterocycles. The molecule has 0 unspecified atom stereocenters. The number of nitrogens with one attached hydrogen (secondary N) is 1. The molecule has 2 rings (SSSR count). The van der Waals surface area contributed by atoms with Crippen LogP contribution in [0.5, 0.6) is 0 Å². The number of hydrogen-bond donors (Lipinski definition) is 2. The predicted octanol–water partition coefficient (Wildman–Crippen LogP) is 1.14. The fourth-order valence-corrected chi connectivity index (χ4v) is 1.48. The largest absolute Gasteiger partial charge is 0.391 e. The first-order chi connectivity index (χ1) is 7.97. The van der Waals surface area contributed by atoms with Crippen LogP contribution < -0.4 is 5.56 Å². The monoisotopic (exact) mass is 244 g/mol. The fraction of sp³-hybridized carbons (Fsp3) is 0.200. The zero-order valence-electron chi connectivity index (χ0n) is 8.64. The van der Waals surface area contributed by atoms with E-state index in [2.05, 4.69) is 9.97 Å². The summed E-state index contributed by atoms with van der Waals surface area (Å²) in [7, 11) is 0. The molecule has 4 nitrogen and oxygen atoms in total. The van der Waals surface area contributed by atoms with Crippen molar-refractivity contribution in [3.05, 3.63) is 39.1 Å². The first kappa shape index (κ1) is 11.6. The van der Waals surface area contributed by atoms with Gasteiger partial charge in [-0.1, -0.05) is 0 Å². The number of halogens is 3. The van der Waals surface area contributed by atoms with Crippen LogP contribution >= 0.6 is 0 Å². The number of aliphatic hydroxyl groups is 1. The molecule has 0 spiro atoms. The van der Waals surface area contributed by atoms with Gasteiger partial charge in [-0.05, 0) is 6.92 Å². The van der Waals surface area contributed by atoms with E-state index in [1.165, 1.54) is 6.92 Å². The lowest BCUT2D eigenvalue weighted by Gasteiger charge is -2.07. The Kier molecular flexibility index (Phi) is 2.62. The van der Waals surface area contributed by atoms with Gasteiger partial charge >= 0.3 is 0 Å². The van der Waals surface area contributed by atoms with E-state index in [1.54, 1.807) is 0 Å². The third kappa shape index (κ3) is 1.59. The Hall–Kier alpha value is -1.89. The molecule has 7 heteroatoms. The molecule has 0 saturated heterocycles. The van der Waals surface area contributed by atoms with Gasteiger partial charge < -0.3 is 10.1 Å². The van der Waals surface area contributed by atoms with Crippen LogP contribution in [0.1, 0.15) is 11.3 Å². The molecule has 0 aliphatic heterocycles. The van der Waals surface area contributed by atoms with Crippen LogP contribution in [-0.2, 0) is 6.61 Å². The van der Waals surface area contributed by atoms with Gasteiger partial charge in [0, 0.05) is 0 Å². The maximum Gasteiger partial charge on any atom is 0.269 e. The Bertz CT molecular complexity index is 667. The van der Waals surface area contributed by atoms with Gasteiger partial charge in [-0.25, -0.2) is 18.2 Å². The highest BCUT2D eigenvalue weighted by Crippen LogP contribution is 2.24. The van der Waals surface area contributed by atoms with E-state index in [0.29, 0.717) is 0 Å². The van der Waals surface area contributed by atoms with Crippen molar-refractivity contribution in [1.82, 2.24) is 9.97 Å². The summed E-state index contributed by atoms with van der Waals surface area (Å²) in [6.45, 7) is 0.272. The van der Waals surface area contributed by atoms with Crippen molar-refractivity contribution in [2.45, 2.75) is 13.5 Å². The van der Waals surface area contributed by atoms with Gasteiger partial charge in [0.15, 0.2) is 17.5 Å². The normalized spacial score (nSPS) is 11.1. The molecule has 0 amide bonds. The number of fused-ring (bicyclic) bond motifs is 1. The predicted molar refractivity (Wildman–Crippen MR) is 52.9 cm³/mol. The minimum Gasteiger partial charge on any atom is -0.391 e. The second-order valence-electron chi connectivity index (χ2n) is 3.45. The van der Waals surface area contributed by atoms with Crippen LogP contribution in [0.2, 0.25) is 0 Å². The average molecular weight is 244 g/mol. The zero-order chi connectivity index (χ0) is 12.7. The molecule has 2 N–H and O–H groups in total. The molecule has 1 aromatic heterocycles. The molecule has 1 aromatic carbocycles. The van der Waals surface area contributed by atoms with Crippen molar-refractivity contribution >= 4 is 11.0 Å². The summed E-state index contributed by atoms with van der Waals surface area (Å²) in [6.07, 6.45) is 0. The lowest BCUT2D eigenvalue weighted by atomic mass is 10.1. The molecule has 0 saturated carbocycles. The maximum atomic E-state index is 13.6. The molecular formula is C10H7F3N2O2. The topological polar surface area (TPSA) is 66.0 Å². The number of aromatic amines is 1. The number of benzene rings is 1. The van der Waals surface area contributed by atoms with Crippen LogP contribution in [0, 0.1) is 24.4 Å². The Morgan fingerprint density at radius 3 is 2.47 bits per heavy atom. The Balaban J connectivity index is 3.04. The Labute approximate surface area is 92.7 Å². The summed E-state index contributed by atoms with van der Waals surface area (Å²) >= 11 is 0. The smallest absolute Gasteiger partial charge is 0.269 e. The van der Waals surface area contributed by atoms with Gasteiger partial charge in [0.05, 0.1) is 12.2 Å². The van der Waals surface area contributed by atoms with E-state index in [1.807, 2.05) is 0 Å². The molecular weight excluding hydrogens is 237 g/mol. The fourth-order valence-electron chi connectivity index (χ4n) is 1.48. The molecule has 0 radical (unpaired) electrons. The molecule has 0 bridgehead atoms. The number of nitrogens with zero attached hydrogens (tertiary/aromatic N) is 1. The number of rotatable bonds is 1. The highest BCUT2D eigenvalue weighted by molar-refractivity contribution is 5.76. The van der Waals surface area contributed by atoms with Gasteiger partial charge in [-0.2, -0.15) is 0 Å². The van der Waals surface area contributed by atoms with E-state index in [9.17, 15) is 18.0 Å². The van der Waals surface area contributed by atoms with Gasteiger partial charge in [-0.15, -0.1) is 0 Å². The number of aryl methyl sites for hydroxylation is 1. The van der Waals surface area contributed by atoms with Crippen LogP contribution in [0.4, 0.5) is 13.2 Å². The van der Waals surface area contributed by atoms with Crippen LogP contribution in [0.3, 0.4) is 0 Å². The van der Waals surface area contributed by atoms with Crippen molar-refractivity contribution in [3.63, 3.8) is 0 Å². The molecule has 17 heavy (non-hydrogen) atoms. The third-order valence-corrected chi connectivity index (χ3v) is 2.39. The summed E-state index contributed by atoms with van der Waals surface area (Å²) in [6, 6.07) is 0. The Morgan fingerprint density at radius 1 is 1.24 bits per heavy atom. The standard InChI is InChI=1S/C10H7F3N2O2/c1-3-10(17)15-8-6(12)4(2-16)5(11)7(13)9(8)14-3/h16H,2H2,1H3,(H,15,17). The van der Waals surface area contributed by atoms with E-state index in [-0.39, 0.29) is 5.69 Å². The molecule has 0 aliphatic rings.